The van der Waals surface area contributed by atoms with Crippen molar-refractivity contribution in [2.45, 2.75) is 39.0 Å². The first-order chi connectivity index (χ1) is 5.72. The first kappa shape index (κ1) is 11.4. The highest BCUT2D eigenvalue weighted by Gasteiger charge is 2.12. The van der Waals surface area contributed by atoms with E-state index in [0.717, 1.165) is 32.1 Å². The van der Waals surface area contributed by atoms with Crippen LogP contribution in [-0.4, -0.2) is 17.6 Å². The smallest absolute Gasteiger partial charge is 0.220 e. The Morgan fingerprint density at radius 3 is 2.50 bits per heavy atom. The molecule has 72 valence electrons. The number of nitrogens with two attached hydrogens (primary N) is 1. The largest absolute Gasteiger partial charge is 0.396 e. The van der Waals surface area contributed by atoms with E-state index in [2.05, 4.69) is 0 Å². The van der Waals surface area contributed by atoms with Gasteiger partial charge in [-0.05, 0) is 19.3 Å². The average Bonchev–Trinajstić information content (AvgIpc) is 2.03. The molecule has 0 spiro atoms. The fraction of sp³-hybridized carbons (Fsp3) is 0.889. The molecule has 3 nitrogen and oxygen atoms in total. The van der Waals surface area contributed by atoms with Crippen LogP contribution < -0.4 is 5.73 Å². The lowest BCUT2D eigenvalue weighted by atomic mass is 9.96. The van der Waals surface area contributed by atoms with Crippen LogP contribution in [-0.2, 0) is 4.79 Å². The highest BCUT2D eigenvalue weighted by molar-refractivity contribution is 5.76. The molecular weight excluding hydrogens is 154 g/mol. The number of hydrogen-bond acceptors (Lipinski definition) is 2. The van der Waals surface area contributed by atoms with Gasteiger partial charge >= 0.3 is 0 Å². The molecular formula is C9H19NO2. The van der Waals surface area contributed by atoms with Crippen molar-refractivity contribution in [3.63, 3.8) is 0 Å². The second-order valence-corrected chi connectivity index (χ2v) is 3.11. The minimum atomic E-state index is -0.199. The second-order valence-electron chi connectivity index (χ2n) is 3.11. The molecule has 12 heavy (non-hydrogen) atoms. The van der Waals surface area contributed by atoms with Crippen LogP contribution in [0.2, 0.25) is 0 Å². The highest BCUT2D eigenvalue weighted by atomic mass is 16.2. The molecule has 1 amide bonds. The van der Waals surface area contributed by atoms with Gasteiger partial charge in [-0.2, -0.15) is 0 Å². The number of aliphatic hydroxyl groups excluding tert-OH is 1. The summed E-state index contributed by atoms with van der Waals surface area (Å²) in [5, 5.41) is 8.53. The maximum Gasteiger partial charge on any atom is 0.220 e. The molecule has 3 heteroatoms. The van der Waals surface area contributed by atoms with Gasteiger partial charge in [0.25, 0.3) is 0 Å². The first-order valence-corrected chi connectivity index (χ1v) is 4.62. The summed E-state index contributed by atoms with van der Waals surface area (Å²) in [6, 6.07) is 0. The van der Waals surface area contributed by atoms with Crippen molar-refractivity contribution in [2.24, 2.45) is 11.7 Å². The fourth-order valence-corrected chi connectivity index (χ4v) is 1.28. The van der Waals surface area contributed by atoms with Crippen LogP contribution in [0.4, 0.5) is 0 Å². The van der Waals surface area contributed by atoms with Crippen molar-refractivity contribution >= 4 is 5.91 Å². The predicted octanol–water partition coefficient (Wildman–Crippen LogP) is 1.05. The van der Waals surface area contributed by atoms with Gasteiger partial charge in [-0.15, -0.1) is 0 Å². The summed E-state index contributed by atoms with van der Waals surface area (Å²) in [6.07, 6.45) is 4.36. The van der Waals surface area contributed by atoms with Gasteiger partial charge in [-0.3, -0.25) is 4.79 Å². The number of unbranched alkanes of at least 4 members (excludes halogenated alkanes) is 1. The van der Waals surface area contributed by atoms with Gasteiger partial charge in [0.1, 0.15) is 0 Å². The maximum atomic E-state index is 10.8. The molecule has 0 radical (unpaired) electrons. The molecule has 0 aromatic carbocycles. The van der Waals surface area contributed by atoms with E-state index in [-0.39, 0.29) is 18.4 Å². The first-order valence-electron chi connectivity index (χ1n) is 4.62. The van der Waals surface area contributed by atoms with Crippen LogP contribution in [0.15, 0.2) is 0 Å². The molecule has 0 rings (SSSR count). The fourth-order valence-electron chi connectivity index (χ4n) is 1.28. The normalized spacial score (nSPS) is 12.8. The summed E-state index contributed by atoms with van der Waals surface area (Å²) in [4.78, 5) is 10.8. The van der Waals surface area contributed by atoms with E-state index in [1.54, 1.807) is 0 Å². The van der Waals surface area contributed by atoms with E-state index in [1.165, 1.54) is 0 Å². The topological polar surface area (TPSA) is 63.3 Å². The van der Waals surface area contributed by atoms with Crippen molar-refractivity contribution in [1.82, 2.24) is 0 Å². The molecule has 0 saturated heterocycles. The SMILES string of the molecule is CCCC(CCCCO)C(N)=O. The van der Waals surface area contributed by atoms with Crippen molar-refractivity contribution in [2.75, 3.05) is 6.61 Å². The molecule has 0 aliphatic carbocycles. The minimum absolute atomic E-state index is 0.0153. The van der Waals surface area contributed by atoms with Crippen molar-refractivity contribution in [3.8, 4) is 0 Å². The molecule has 0 aromatic rings. The Labute approximate surface area is 74.0 Å². The van der Waals surface area contributed by atoms with Crippen LogP contribution in [0.5, 0.6) is 0 Å². The zero-order valence-corrected chi connectivity index (χ0v) is 7.75. The predicted molar refractivity (Wildman–Crippen MR) is 48.5 cm³/mol. The molecule has 1 unspecified atom stereocenters. The summed E-state index contributed by atoms with van der Waals surface area (Å²) in [5.74, 6) is -0.184. The zero-order valence-electron chi connectivity index (χ0n) is 7.75. The molecule has 0 aliphatic heterocycles. The van der Waals surface area contributed by atoms with Gasteiger partial charge < -0.3 is 10.8 Å². The highest BCUT2D eigenvalue weighted by Crippen LogP contribution is 2.13. The maximum absolute atomic E-state index is 10.8. The second kappa shape index (κ2) is 7.10. The Hall–Kier alpha value is -0.570. The van der Waals surface area contributed by atoms with Crippen molar-refractivity contribution in [3.05, 3.63) is 0 Å². The summed E-state index contributed by atoms with van der Waals surface area (Å²) >= 11 is 0. The van der Waals surface area contributed by atoms with Crippen LogP contribution in [0.1, 0.15) is 39.0 Å². The van der Waals surface area contributed by atoms with Crippen molar-refractivity contribution < 1.29 is 9.90 Å². The van der Waals surface area contributed by atoms with E-state index in [1.807, 2.05) is 6.92 Å². The lowest BCUT2D eigenvalue weighted by Crippen LogP contribution is -2.23. The van der Waals surface area contributed by atoms with Crippen LogP contribution >= 0.6 is 0 Å². The van der Waals surface area contributed by atoms with Crippen LogP contribution in [0.3, 0.4) is 0 Å². The zero-order chi connectivity index (χ0) is 9.40. The van der Waals surface area contributed by atoms with Gasteiger partial charge in [0, 0.05) is 12.5 Å². The van der Waals surface area contributed by atoms with Gasteiger partial charge in [0.2, 0.25) is 5.91 Å². The van der Waals surface area contributed by atoms with Crippen LogP contribution in [0, 0.1) is 5.92 Å². The molecule has 0 aromatic heterocycles. The number of carbonyl (C=O) groups is 1. The third-order valence-corrected chi connectivity index (χ3v) is 2.00. The van der Waals surface area contributed by atoms with E-state index in [9.17, 15) is 4.79 Å². The van der Waals surface area contributed by atoms with Crippen molar-refractivity contribution in [1.29, 1.82) is 0 Å². The molecule has 0 bridgehead atoms. The Kier molecular flexibility index (Phi) is 6.76. The standard InChI is InChI=1S/C9H19NO2/c1-2-5-8(9(10)12)6-3-4-7-11/h8,11H,2-7H2,1H3,(H2,10,12). The van der Waals surface area contributed by atoms with E-state index >= 15 is 0 Å². The third-order valence-electron chi connectivity index (χ3n) is 2.00. The van der Waals surface area contributed by atoms with E-state index in [4.69, 9.17) is 10.8 Å². The minimum Gasteiger partial charge on any atom is -0.396 e. The number of carbonyl (C=O) groups excluding carboxylic acids is 1. The van der Waals surface area contributed by atoms with E-state index in [0.29, 0.717) is 0 Å². The monoisotopic (exact) mass is 173 g/mol. The molecule has 3 N–H and O–H groups in total. The van der Waals surface area contributed by atoms with Gasteiger partial charge in [0.05, 0.1) is 0 Å². The van der Waals surface area contributed by atoms with Gasteiger partial charge in [-0.25, -0.2) is 0 Å². The average molecular weight is 173 g/mol. The third kappa shape index (κ3) is 5.13. The molecule has 0 aliphatic rings. The summed E-state index contributed by atoms with van der Waals surface area (Å²) < 4.78 is 0. The number of primary amides is 1. The molecule has 1 atom stereocenters. The molecule has 0 fully saturated rings. The molecule has 0 saturated carbocycles. The molecule has 0 heterocycles. The van der Waals surface area contributed by atoms with Crippen LogP contribution in [0.25, 0.3) is 0 Å². The van der Waals surface area contributed by atoms with E-state index < -0.39 is 0 Å². The Balaban J connectivity index is 3.56. The summed E-state index contributed by atoms with van der Waals surface area (Å²) in [5.41, 5.74) is 5.20. The number of hydrogen-bond donors (Lipinski definition) is 2. The Morgan fingerprint density at radius 1 is 1.42 bits per heavy atom. The summed E-state index contributed by atoms with van der Waals surface area (Å²) in [7, 11) is 0. The lowest BCUT2D eigenvalue weighted by Gasteiger charge is -2.10. The lowest BCUT2D eigenvalue weighted by molar-refractivity contribution is -0.122. The van der Waals surface area contributed by atoms with Gasteiger partial charge in [0.15, 0.2) is 0 Å². The Bertz CT molecular complexity index is 126. The number of aliphatic hydroxyl groups is 1. The summed E-state index contributed by atoms with van der Waals surface area (Å²) in [6.45, 7) is 2.25. The number of amides is 1. The number of rotatable bonds is 7. The quantitative estimate of drug-likeness (QED) is 0.565. The Morgan fingerprint density at radius 2 is 2.08 bits per heavy atom. The van der Waals surface area contributed by atoms with Gasteiger partial charge in [-0.1, -0.05) is 19.8 Å².